The summed E-state index contributed by atoms with van der Waals surface area (Å²) in [6.07, 6.45) is 0. The van der Waals surface area contributed by atoms with Gasteiger partial charge in [-0.3, -0.25) is 14.9 Å². The first-order chi connectivity index (χ1) is 12.7. The monoisotopic (exact) mass is 371 g/mol. The van der Waals surface area contributed by atoms with E-state index in [2.05, 4.69) is 5.32 Å². The number of rotatable bonds is 5. The Hall–Kier alpha value is -3.72. The quantitative estimate of drug-likeness (QED) is 0.318. The van der Waals surface area contributed by atoms with Crippen LogP contribution in [0.15, 0.2) is 30.3 Å². The molecule has 0 amide bonds. The Morgan fingerprint density at radius 2 is 1.44 bits per heavy atom. The number of nitrogens with one attached hydrogen (secondary N) is 1. The lowest BCUT2D eigenvalue weighted by Gasteiger charge is -2.21. The van der Waals surface area contributed by atoms with Crippen molar-refractivity contribution < 1.29 is 39.6 Å². The van der Waals surface area contributed by atoms with Gasteiger partial charge in [-0.1, -0.05) is 24.3 Å². The maximum atomic E-state index is 12.7. The van der Waals surface area contributed by atoms with Gasteiger partial charge >= 0.3 is 11.9 Å². The van der Waals surface area contributed by atoms with E-state index in [4.69, 9.17) is 10.2 Å². The molecule has 0 fully saturated rings. The molecule has 0 aromatic heterocycles. The van der Waals surface area contributed by atoms with Gasteiger partial charge in [0.2, 0.25) is 6.04 Å². The molecule has 0 heterocycles. The van der Waals surface area contributed by atoms with Crippen LogP contribution in [0.5, 0.6) is 11.5 Å². The zero-order valence-electron chi connectivity index (χ0n) is 13.6. The Morgan fingerprint density at radius 1 is 0.889 bits per heavy atom. The molecule has 9 heteroatoms. The molecule has 0 spiro atoms. The number of benzene rings is 2. The van der Waals surface area contributed by atoms with E-state index in [0.29, 0.717) is 0 Å². The smallest absolute Gasteiger partial charge is 0.332 e. The van der Waals surface area contributed by atoms with E-state index in [0.717, 1.165) is 6.07 Å². The molecule has 0 unspecified atom stereocenters. The van der Waals surface area contributed by atoms with Crippen molar-refractivity contribution >= 4 is 23.5 Å². The number of ketones is 2. The number of phenols is 2. The van der Waals surface area contributed by atoms with Crippen LogP contribution in [0, 0.1) is 0 Å². The van der Waals surface area contributed by atoms with Gasteiger partial charge in [0.05, 0.1) is 5.56 Å². The normalized spacial score (nSPS) is 12.6. The second-order valence-corrected chi connectivity index (χ2v) is 5.85. The standard InChI is InChI=1S/C18H13NO8/c20-13-7(6-19-12(17(24)25)18(26)27)5-10-11(16(13)23)15(22)9-4-2-1-3-8(9)14(10)21/h1-5,12,19-20,23H,6H2,(H,24,25)(H,26,27). The second-order valence-electron chi connectivity index (χ2n) is 5.85. The summed E-state index contributed by atoms with van der Waals surface area (Å²) in [6, 6.07) is 5.18. The zero-order valence-corrected chi connectivity index (χ0v) is 13.6. The number of phenolic OH excluding ortho intramolecular Hbond substituents is 2. The number of carboxylic acid groups (broad SMARTS) is 2. The van der Waals surface area contributed by atoms with E-state index in [1.54, 1.807) is 12.1 Å². The Balaban J connectivity index is 2.05. The second kappa shape index (κ2) is 6.54. The number of carbonyl (C=O) groups excluding carboxylic acids is 2. The molecule has 5 N–H and O–H groups in total. The minimum absolute atomic E-state index is 0.0902. The maximum absolute atomic E-state index is 12.7. The van der Waals surface area contributed by atoms with E-state index in [9.17, 15) is 29.4 Å². The van der Waals surface area contributed by atoms with Crippen LogP contribution < -0.4 is 5.32 Å². The molecule has 2 aromatic rings. The molecular weight excluding hydrogens is 358 g/mol. The first kappa shape index (κ1) is 18.1. The van der Waals surface area contributed by atoms with Crippen LogP contribution in [-0.4, -0.2) is 50.0 Å². The predicted molar refractivity (Wildman–Crippen MR) is 89.0 cm³/mol. The Morgan fingerprint density at radius 3 is 2.00 bits per heavy atom. The van der Waals surface area contributed by atoms with Crippen molar-refractivity contribution in [1.29, 1.82) is 0 Å². The summed E-state index contributed by atoms with van der Waals surface area (Å²) in [5, 5.41) is 40.3. The molecule has 27 heavy (non-hydrogen) atoms. The first-order valence-corrected chi connectivity index (χ1v) is 7.69. The van der Waals surface area contributed by atoms with Crippen molar-refractivity contribution in [3.05, 3.63) is 58.1 Å². The lowest BCUT2D eigenvalue weighted by Crippen LogP contribution is -2.42. The highest BCUT2D eigenvalue weighted by Crippen LogP contribution is 2.40. The van der Waals surface area contributed by atoms with Crippen LogP contribution in [0.25, 0.3) is 0 Å². The summed E-state index contributed by atoms with van der Waals surface area (Å²) < 4.78 is 0. The molecule has 0 aliphatic heterocycles. The van der Waals surface area contributed by atoms with Gasteiger partial charge in [0.25, 0.3) is 0 Å². The lowest BCUT2D eigenvalue weighted by atomic mass is 9.82. The van der Waals surface area contributed by atoms with Gasteiger partial charge in [0, 0.05) is 28.8 Å². The fourth-order valence-electron chi connectivity index (χ4n) is 2.91. The van der Waals surface area contributed by atoms with Crippen LogP contribution in [0.3, 0.4) is 0 Å². The van der Waals surface area contributed by atoms with E-state index in [1.165, 1.54) is 12.1 Å². The number of aliphatic carboxylic acids is 2. The topological polar surface area (TPSA) is 161 Å². The molecule has 1 aliphatic carbocycles. The number of carbonyl (C=O) groups is 4. The van der Waals surface area contributed by atoms with Crippen LogP contribution in [0.2, 0.25) is 0 Å². The third-order valence-corrected chi connectivity index (χ3v) is 4.23. The van der Waals surface area contributed by atoms with Crippen molar-refractivity contribution in [3.8, 4) is 11.5 Å². The van der Waals surface area contributed by atoms with Crippen molar-refractivity contribution in [1.82, 2.24) is 5.32 Å². The molecule has 3 rings (SSSR count). The van der Waals surface area contributed by atoms with E-state index >= 15 is 0 Å². The van der Waals surface area contributed by atoms with Gasteiger partial charge in [0.1, 0.15) is 0 Å². The van der Waals surface area contributed by atoms with Gasteiger partial charge in [0.15, 0.2) is 23.1 Å². The van der Waals surface area contributed by atoms with Crippen LogP contribution in [0.4, 0.5) is 0 Å². The predicted octanol–water partition coefficient (Wildman–Crippen LogP) is 0.501. The highest BCUT2D eigenvalue weighted by molar-refractivity contribution is 6.29. The summed E-state index contributed by atoms with van der Waals surface area (Å²) in [6.45, 7) is -0.473. The van der Waals surface area contributed by atoms with Gasteiger partial charge in [-0.2, -0.15) is 0 Å². The third-order valence-electron chi connectivity index (χ3n) is 4.23. The number of hydrogen-bond acceptors (Lipinski definition) is 7. The van der Waals surface area contributed by atoms with Crippen LogP contribution in [-0.2, 0) is 16.1 Å². The fourth-order valence-corrected chi connectivity index (χ4v) is 2.91. The molecule has 0 bridgehead atoms. The van der Waals surface area contributed by atoms with E-state index in [1.807, 2.05) is 0 Å². The van der Waals surface area contributed by atoms with E-state index in [-0.39, 0.29) is 27.8 Å². The zero-order chi connectivity index (χ0) is 19.9. The molecule has 0 atom stereocenters. The van der Waals surface area contributed by atoms with Crippen molar-refractivity contribution in [2.24, 2.45) is 0 Å². The fraction of sp³-hybridized carbons (Fsp3) is 0.111. The molecule has 0 saturated heterocycles. The number of carboxylic acids is 2. The summed E-state index contributed by atoms with van der Waals surface area (Å²) in [5.74, 6) is -6.05. The lowest BCUT2D eigenvalue weighted by molar-refractivity contribution is -0.151. The van der Waals surface area contributed by atoms with Crippen LogP contribution in [0.1, 0.15) is 37.4 Å². The SMILES string of the molecule is O=C1c2ccccc2C(=O)c2c1cc(CNC(C(=O)O)C(=O)O)c(O)c2O. The molecule has 2 aromatic carbocycles. The Kier molecular flexibility index (Phi) is 4.38. The highest BCUT2D eigenvalue weighted by Gasteiger charge is 2.34. The Labute approximate surface area is 151 Å². The van der Waals surface area contributed by atoms with Crippen molar-refractivity contribution in [3.63, 3.8) is 0 Å². The molecule has 1 aliphatic rings. The summed E-state index contributed by atoms with van der Waals surface area (Å²) in [5.41, 5.74) is -0.416. The summed E-state index contributed by atoms with van der Waals surface area (Å²) in [4.78, 5) is 47.1. The van der Waals surface area contributed by atoms with Gasteiger partial charge in [-0.05, 0) is 6.07 Å². The van der Waals surface area contributed by atoms with E-state index < -0.39 is 47.6 Å². The minimum atomic E-state index is -1.96. The van der Waals surface area contributed by atoms with Crippen molar-refractivity contribution in [2.75, 3.05) is 0 Å². The molecule has 0 saturated carbocycles. The van der Waals surface area contributed by atoms with Gasteiger partial charge < -0.3 is 20.4 Å². The average Bonchev–Trinajstić information content (AvgIpc) is 2.62. The third kappa shape index (κ3) is 2.89. The summed E-state index contributed by atoms with van der Waals surface area (Å²) >= 11 is 0. The summed E-state index contributed by atoms with van der Waals surface area (Å²) in [7, 11) is 0. The van der Waals surface area contributed by atoms with Gasteiger partial charge in [-0.15, -0.1) is 0 Å². The molecular formula is C18H13NO8. The Bertz CT molecular complexity index is 997. The van der Waals surface area contributed by atoms with Gasteiger partial charge in [-0.25, -0.2) is 9.59 Å². The molecule has 9 nitrogen and oxygen atoms in total. The van der Waals surface area contributed by atoms with Crippen LogP contribution >= 0.6 is 0 Å². The average molecular weight is 371 g/mol. The maximum Gasteiger partial charge on any atom is 0.332 e. The minimum Gasteiger partial charge on any atom is -0.504 e. The molecule has 138 valence electrons. The number of hydrogen-bond donors (Lipinski definition) is 5. The largest absolute Gasteiger partial charge is 0.504 e. The number of aromatic hydroxyl groups is 2. The number of fused-ring (bicyclic) bond motifs is 2. The first-order valence-electron chi connectivity index (χ1n) is 7.69. The molecule has 0 radical (unpaired) electrons. The highest BCUT2D eigenvalue weighted by atomic mass is 16.4. The van der Waals surface area contributed by atoms with Crippen molar-refractivity contribution in [2.45, 2.75) is 12.6 Å².